The fraction of sp³-hybridized carbons (Fsp3) is 0.385. The van der Waals surface area contributed by atoms with Crippen LogP contribution in [0.25, 0.3) is 0 Å². The molecule has 0 radical (unpaired) electrons. The van der Waals surface area contributed by atoms with Gasteiger partial charge in [-0.25, -0.2) is 4.79 Å². The van der Waals surface area contributed by atoms with Crippen molar-refractivity contribution in [2.75, 3.05) is 6.54 Å². The molecule has 5 nitrogen and oxygen atoms in total. The lowest BCUT2D eigenvalue weighted by molar-refractivity contribution is 0.0535. The summed E-state index contributed by atoms with van der Waals surface area (Å²) in [4.78, 5) is 15.0. The van der Waals surface area contributed by atoms with E-state index >= 15 is 0 Å². The fourth-order valence-corrected chi connectivity index (χ4v) is 1.06. The molecule has 0 aliphatic heterocycles. The third-order valence-electron chi connectivity index (χ3n) is 1.74. The highest BCUT2D eigenvalue weighted by Gasteiger charge is 2.14. The van der Waals surface area contributed by atoms with Crippen molar-refractivity contribution in [3.05, 3.63) is 24.0 Å². The lowest BCUT2D eigenvalue weighted by Crippen LogP contribution is -2.32. The van der Waals surface area contributed by atoms with E-state index in [2.05, 4.69) is 22.1 Å². The summed E-state index contributed by atoms with van der Waals surface area (Å²) in [5.41, 5.74) is -0.0584. The number of pyridine rings is 1. The van der Waals surface area contributed by atoms with Crippen molar-refractivity contribution in [1.29, 1.82) is 0 Å². The van der Waals surface area contributed by atoms with Gasteiger partial charge in [-0.3, -0.25) is 4.98 Å². The molecule has 0 bridgehead atoms. The highest BCUT2D eigenvalue weighted by atomic mass is 16.6. The SMILES string of the molecule is CC(C)(C)OC(=O)NCC#Cc1ccncc1O. The number of ether oxygens (including phenoxy) is 1. The van der Waals surface area contributed by atoms with Crippen molar-refractivity contribution in [2.24, 2.45) is 0 Å². The Morgan fingerprint density at radius 3 is 2.89 bits per heavy atom. The molecule has 0 spiro atoms. The van der Waals surface area contributed by atoms with E-state index in [1.807, 2.05) is 0 Å². The molecule has 1 aromatic rings. The number of alkyl carbamates (subject to hydrolysis) is 1. The van der Waals surface area contributed by atoms with Gasteiger partial charge in [0.25, 0.3) is 0 Å². The molecule has 0 saturated heterocycles. The molecule has 96 valence electrons. The first kappa shape index (κ1) is 13.8. The molecule has 1 aromatic heterocycles. The van der Waals surface area contributed by atoms with Gasteiger partial charge in [-0.05, 0) is 26.8 Å². The van der Waals surface area contributed by atoms with Crippen molar-refractivity contribution < 1.29 is 14.6 Å². The molecule has 1 amide bonds. The number of aromatic hydroxyl groups is 1. The Bertz CT molecular complexity index is 481. The Morgan fingerprint density at radius 1 is 1.56 bits per heavy atom. The van der Waals surface area contributed by atoms with Crippen molar-refractivity contribution in [2.45, 2.75) is 26.4 Å². The van der Waals surface area contributed by atoms with E-state index in [0.29, 0.717) is 5.56 Å². The van der Waals surface area contributed by atoms with Crippen LogP contribution in [0.2, 0.25) is 0 Å². The largest absolute Gasteiger partial charge is 0.505 e. The summed E-state index contributed by atoms with van der Waals surface area (Å²) >= 11 is 0. The van der Waals surface area contributed by atoms with E-state index in [9.17, 15) is 9.90 Å². The fourth-order valence-electron chi connectivity index (χ4n) is 1.06. The van der Waals surface area contributed by atoms with Crippen LogP contribution in [0.3, 0.4) is 0 Å². The second kappa shape index (κ2) is 5.92. The predicted molar refractivity (Wildman–Crippen MR) is 67.0 cm³/mol. The average Bonchev–Trinajstić information content (AvgIpc) is 2.24. The summed E-state index contributed by atoms with van der Waals surface area (Å²) in [7, 11) is 0. The first-order valence-corrected chi connectivity index (χ1v) is 5.47. The van der Waals surface area contributed by atoms with Crippen LogP contribution in [0.1, 0.15) is 26.3 Å². The molecule has 5 heteroatoms. The highest BCUT2D eigenvalue weighted by molar-refractivity contribution is 5.68. The third-order valence-corrected chi connectivity index (χ3v) is 1.74. The molecule has 0 fully saturated rings. The van der Waals surface area contributed by atoms with Crippen molar-refractivity contribution in [1.82, 2.24) is 10.3 Å². The first-order chi connectivity index (χ1) is 8.38. The molecule has 0 unspecified atom stereocenters. The van der Waals surface area contributed by atoms with Gasteiger partial charge in [0.15, 0.2) is 0 Å². The Labute approximate surface area is 106 Å². The molecule has 2 N–H and O–H groups in total. The second-order valence-corrected chi connectivity index (χ2v) is 4.55. The van der Waals surface area contributed by atoms with Gasteiger partial charge in [0.2, 0.25) is 0 Å². The van der Waals surface area contributed by atoms with Gasteiger partial charge in [0, 0.05) is 6.20 Å². The molecule has 0 aliphatic rings. The number of amides is 1. The van der Waals surface area contributed by atoms with Crippen molar-refractivity contribution >= 4 is 6.09 Å². The summed E-state index contributed by atoms with van der Waals surface area (Å²) in [5.74, 6) is 5.45. The number of aromatic nitrogens is 1. The molecule has 0 aliphatic carbocycles. The van der Waals surface area contributed by atoms with Crippen LogP contribution in [0.4, 0.5) is 4.79 Å². The first-order valence-electron chi connectivity index (χ1n) is 5.47. The minimum atomic E-state index is -0.527. The summed E-state index contributed by atoms with van der Waals surface area (Å²) in [5, 5.41) is 11.9. The lowest BCUT2D eigenvalue weighted by Gasteiger charge is -2.18. The van der Waals surface area contributed by atoms with Crippen molar-refractivity contribution in [3.63, 3.8) is 0 Å². The van der Waals surface area contributed by atoms with E-state index < -0.39 is 11.7 Å². The normalized spacial score (nSPS) is 10.2. The monoisotopic (exact) mass is 248 g/mol. The molecular weight excluding hydrogens is 232 g/mol. The van der Waals surface area contributed by atoms with Gasteiger partial charge in [-0.15, -0.1) is 0 Å². The molecule has 0 aromatic carbocycles. The van der Waals surface area contributed by atoms with Gasteiger partial charge in [0.05, 0.1) is 18.3 Å². The number of carbonyl (C=O) groups is 1. The average molecular weight is 248 g/mol. The number of rotatable bonds is 1. The van der Waals surface area contributed by atoms with E-state index in [-0.39, 0.29) is 12.3 Å². The summed E-state index contributed by atoms with van der Waals surface area (Å²) in [6.45, 7) is 5.50. The summed E-state index contributed by atoms with van der Waals surface area (Å²) in [6.07, 6.45) is 2.33. The summed E-state index contributed by atoms with van der Waals surface area (Å²) in [6, 6.07) is 1.59. The minimum absolute atomic E-state index is 0.0160. The van der Waals surface area contributed by atoms with Crippen molar-refractivity contribution in [3.8, 4) is 17.6 Å². The zero-order valence-electron chi connectivity index (χ0n) is 10.7. The molecular formula is C13H16N2O3. The van der Waals surface area contributed by atoms with Crippen LogP contribution >= 0.6 is 0 Å². The number of nitrogens with one attached hydrogen (secondary N) is 1. The molecule has 1 heterocycles. The van der Waals surface area contributed by atoms with Gasteiger partial charge >= 0.3 is 6.09 Å². The number of nitrogens with zero attached hydrogens (tertiary/aromatic N) is 1. The molecule has 18 heavy (non-hydrogen) atoms. The van der Waals surface area contributed by atoms with Crippen LogP contribution in [0.5, 0.6) is 5.75 Å². The van der Waals surface area contributed by atoms with E-state index in [0.717, 1.165) is 0 Å². The van der Waals surface area contributed by atoms with E-state index in [4.69, 9.17) is 4.74 Å². The highest BCUT2D eigenvalue weighted by Crippen LogP contribution is 2.11. The van der Waals surface area contributed by atoms with Crippen LogP contribution in [-0.2, 0) is 4.74 Å². The van der Waals surface area contributed by atoms with Gasteiger partial charge in [0.1, 0.15) is 11.4 Å². The zero-order valence-corrected chi connectivity index (χ0v) is 10.7. The number of hydrogen-bond acceptors (Lipinski definition) is 4. The maximum Gasteiger partial charge on any atom is 0.408 e. The molecule has 1 rings (SSSR count). The third kappa shape index (κ3) is 5.21. The van der Waals surface area contributed by atoms with E-state index in [1.165, 1.54) is 12.4 Å². The zero-order chi connectivity index (χ0) is 13.6. The van der Waals surface area contributed by atoms with E-state index in [1.54, 1.807) is 26.8 Å². The Balaban J connectivity index is 2.44. The summed E-state index contributed by atoms with van der Waals surface area (Å²) < 4.78 is 5.04. The minimum Gasteiger partial charge on any atom is -0.505 e. The van der Waals surface area contributed by atoms with Gasteiger partial charge in [-0.1, -0.05) is 11.8 Å². The van der Waals surface area contributed by atoms with Crippen LogP contribution in [0, 0.1) is 11.8 Å². The van der Waals surface area contributed by atoms with Gasteiger partial charge < -0.3 is 15.2 Å². The Morgan fingerprint density at radius 2 is 2.28 bits per heavy atom. The van der Waals surface area contributed by atoms with Gasteiger partial charge in [-0.2, -0.15) is 0 Å². The molecule has 0 saturated carbocycles. The number of hydrogen-bond donors (Lipinski definition) is 2. The second-order valence-electron chi connectivity index (χ2n) is 4.55. The lowest BCUT2D eigenvalue weighted by atomic mass is 10.2. The quantitative estimate of drug-likeness (QED) is 0.741. The predicted octanol–water partition coefficient (Wildman–Crippen LogP) is 1.66. The standard InChI is InChI=1S/C13H16N2O3/c1-13(2,3)18-12(17)15-7-4-5-10-6-8-14-9-11(10)16/h6,8-9,16H,7H2,1-3H3,(H,15,17). The number of carbonyl (C=O) groups excluding carboxylic acids is 1. The molecule has 0 atom stereocenters. The topological polar surface area (TPSA) is 71.5 Å². The Kier molecular flexibility index (Phi) is 4.55. The Hall–Kier alpha value is -2.22. The maximum atomic E-state index is 11.3. The van der Waals surface area contributed by atoms with Crippen LogP contribution < -0.4 is 5.32 Å². The van der Waals surface area contributed by atoms with Crippen LogP contribution in [-0.4, -0.2) is 28.3 Å². The smallest absolute Gasteiger partial charge is 0.408 e. The van der Waals surface area contributed by atoms with Crippen LogP contribution in [0.15, 0.2) is 18.5 Å². The maximum absolute atomic E-state index is 11.3.